The number of hydrogen-bond acceptors (Lipinski definition) is 0. The van der Waals surface area contributed by atoms with Crippen molar-refractivity contribution in [3.05, 3.63) is 96.6 Å². The van der Waals surface area contributed by atoms with Crippen LogP contribution in [0.15, 0.2) is 85.5 Å². The van der Waals surface area contributed by atoms with Gasteiger partial charge in [0.25, 0.3) is 0 Å². The van der Waals surface area contributed by atoms with E-state index in [0.717, 1.165) is 6.04 Å². The van der Waals surface area contributed by atoms with E-state index in [1.54, 1.807) is 0 Å². The van der Waals surface area contributed by atoms with Crippen LogP contribution in [0.2, 0.25) is 19.1 Å². The molecule has 0 unspecified atom stereocenters. The molecule has 0 saturated carbocycles. The third-order valence-electron chi connectivity index (χ3n) is 4.72. The zero-order valence-corrected chi connectivity index (χ0v) is 15.0. The largest absolute Gasteiger partial charge is 0.103 e. The van der Waals surface area contributed by atoms with Gasteiger partial charge in [-0.15, -0.1) is 6.58 Å². The first kappa shape index (κ1) is 15.8. The summed E-state index contributed by atoms with van der Waals surface area (Å²) in [5.41, 5.74) is 3.38. The molecule has 0 N–H and O–H groups in total. The number of allylic oxidation sites excluding steroid dienone is 1. The van der Waals surface area contributed by atoms with Gasteiger partial charge in [0.15, 0.2) is 0 Å². The molecule has 0 amide bonds. The lowest BCUT2D eigenvalue weighted by Crippen LogP contribution is -2.35. The molecule has 0 nitrogen and oxygen atoms in total. The lowest BCUT2D eigenvalue weighted by molar-refractivity contribution is 1.07. The third-order valence-corrected chi connectivity index (χ3v) is 8.27. The zero-order chi connectivity index (χ0) is 16.3. The maximum absolute atomic E-state index is 4.01. The number of benzene rings is 3. The van der Waals surface area contributed by atoms with E-state index in [1.165, 1.54) is 21.9 Å². The molecular formula is C22H24Si. The van der Waals surface area contributed by atoms with Crippen molar-refractivity contribution in [1.82, 2.24) is 0 Å². The molecule has 0 saturated heterocycles. The van der Waals surface area contributed by atoms with Crippen LogP contribution in [0.5, 0.6) is 0 Å². The molecule has 0 bridgehead atoms. The number of hydrogen-bond donors (Lipinski definition) is 0. The average molecular weight is 317 g/mol. The highest BCUT2D eigenvalue weighted by Crippen LogP contribution is 2.39. The van der Waals surface area contributed by atoms with Gasteiger partial charge in [-0.25, -0.2) is 0 Å². The second kappa shape index (κ2) is 6.55. The SMILES string of the molecule is C=CC[Si](C)(C)[C@H](c1ccccc1)c1cccc2ccccc12. The summed E-state index contributed by atoms with van der Waals surface area (Å²) in [5, 5.41) is 2.71. The van der Waals surface area contributed by atoms with Crippen molar-refractivity contribution in [1.29, 1.82) is 0 Å². The minimum Gasteiger partial charge on any atom is -0.103 e. The quantitative estimate of drug-likeness (QED) is 0.377. The van der Waals surface area contributed by atoms with Crippen molar-refractivity contribution in [2.45, 2.75) is 24.7 Å². The summed E-state index contributed by atoms with van der Waals surface area (Å²) in [4.78, 5) is 0. The fraction of sp³-hybridized carbons (Fsp3) is 0.182. The molecule has 3 aromatic carbocycles. The second-order valence-corrected chi connectivity index (χ2v) is 11.9. The van der Waals surface area contributed by atoms with Crippen molar-refractivity contribution in [3.8, 4) is 0 Å². The van der Waals surface area contributed by atoms with Gasteiger partial charge < -0.3 is 0 Å². The molecule has 3 aromatic rings. The molecular weight excluding hydrogens is 292 g/mol. The Kier molecular flexibility index (Phi) is 4.49. The Morgan fingerprint density at radius 3 is 2.26 bits per heavy atom. The van der Waals surface area contributed by atoms with Crippen molar-refractivity contribution in [2.24, 2.45) is 0 Å². The maximum atomic E-state index is 4.01. The minimum atomic E-state index is -1.55. The summed E-state index contributed by atoms with van der Waals surface area (Å²) < 4.78 is 0. The lowest BCUT2D eigenvalue weighted by atomic mass is 9.98. The van der Waals surface area contributed by atoms with Gasteiger partial charge in [-0.3, -0.25) is 0 Å². The molecule has 0 aliphatic heterocycles. The van der Waals surface area contributed by atoms with Crippen LogP contribution in [-0.2, 0) is 0 Å². The van der Waals surface area contributed by atoms with Gasteiger partial charge in [0.2, 0.25) is 0 Å². The van der Waals surface area contributed by atoms with E-state index in [1.807, 2.05) is 0 Å². The lowest BCUT2D eigenvalue weighted by Gasteiger charge is -2.33. The fourth-order valence-electron chi connectivity index (χ4n) is 3.69. The third kappa shape index (κ3) is 3.15. The predicted molar refractivity (Wildman–Crippen MR) is 105 cm³/mol. The molecule has 1 atom stereocenters. The Morgan fingerprint density at radius 1 is 0.870 bits per heavy atom. The van der Waals surface area contributed by atoms with Gasteiger partial charge in [-0.05, 0) is 27.9 Å². The number of rotatable bonds is 5. The summed E-state index contributed by atoms with van der Waals surface area (Å²) >= 11 is 0. The molecule has 0 heterocycles. The van der Waals surface area contributed by atoms with Gasteiger partial charge >= 0.3 is 0 Å². The highest BCUT2D eigenvalue weighted by Gasteiger charge is 2.33. The van der Waals surface area contributed by atoms with Gasteiger partial charge in [-0.1, -0.05) is 92.0 Å². The Labute approximate surface area is 140 Å². The van der Waals surface area contributed by atoms with Crippen LogP contribution in [0, 0.1) is 0 Å². The van der Waals surface area contributed by atoms with Crippen molar-refractivity contribution >= 4 is 18.8 Å². The molecule has 0 aliphatic carbocycles. The highest BCUT2D eigenvalue weighted by atomic mass is 28.3. The van der Waals surface area contributed by atoms with Crippen LogP contribution in [0.4, 0.5) is 0 Å². The molecule has 0 aliphatic rings. The highest BCUT2D eigenvalue weighted by molar-refractivity contribution is 6.79. The first-order chi connectivity index (χ1) is 11.1. The smallest absolute Gasteiger partial charge is 0.0641 e. The Bertz CT molecular complexity index is 797. The zero-order valence-electron chi connectivity index (χ0n) is 14.0. The summed E-state index contributed by atoms with van der Waals surface area (Å²) in [7, 11) is -1.55. The van der Waals surface area contributed by atoms with E-state index < -0.39 is 8.07 Å². The van der Waals surface area contributed by atoms with E-state index in [4.69, 9.17) is 0 Å². The molecule has 1 heteroatoms. The summed E-state index contributed by atoms with van der Waals surface area (Å²) in [5.74, 6) is 0. The van der Waals surface area contributed by atoms with Gasteiger partial charge in [-0.2, -0.15) is 0 Å². The number of fused-ring (bicyclic) bond motifs is 1. The van der Waals surface area contributed by atoms with Crippen LogP contribution >= 0.6 is 0 Å². The minimum absolute atomic E-state index is 0.479. The average Bonchev–Trinajstić information content (AvgIpc) is 2.56. The van der Waals surface area contributed by atoms with Crippen molar-refractivity contribution in [2.75, 3.05) is 0 Å². The Balaban J connectivity index is 2.24. The second-order valence-electron chi connectivity index (χ2n) is 6.89. The van der Waals surface area contributed by atoms with Gasteiger partial charge in [0.05, 0.1) is 8.07 Å². The van der Waals surface area contributed by atoms with Gasteiger partial charge in [0, 0.05) is 5.54 Å². The van der Waals surface area contributed by atoms with E-state index >= 15 is 0 Å². The molecule has 0 fully saturated rings. The van der Waals surface area contributed by atoms with E-state index in [0.29, 0.717) is 5.54 Å². The van der Waals surface area contributed by atoms with E-state index in [9.17, 15) is 0 Å². The topological polar surface area (TPSA) is 0 Å². The Morgan fingerprint density at radius 2 is 1.52 bits per heavy atom. The molecule has 23 heavy (non-hydrogen) atoms. The standard InChI is InChI=1S/C22H24Si/c1-4-17-23(2,3)22(19-12-6-5-7-13-19)21-16-10-14-18-11-8-9-15-20(18)21/h4-16,22H,1,17H2,2-3H3/t22-/m1/s1. The van der Waals surface area contributed by atoms with Crippen LogP contribution < -0.4 is 0 Å². The normalized spacial score (nSPS) is 13.0. The predicted octanol–water partition coefficient (Wildman–Crippen LogP) is 6.41. The first-order valence-corrected chi connectivity index (χ1v) is 11.6. The van der Waals surface area contributed by atoms with Crippen molar-refractivity contribution < 1.29 is 0 Å². The molecule has 116 valence electrons. The monoisotopic (exact) mass is 316 g/mol. The van der Waals surface area contributed by atoms with Crippen LogP contribution in [0.3, 0.4) is 0 Å². The van der Waals surface area contributed by atoms with Crippen LogP contribution in [0.1, 0.15) is 16.7 Å². The summed E-state index contributed by atoms with van der Waals surface area (Å²) in [6.07, 6.45) is 2.10. The van der Waals surface area contributed by atoms with Gasteiger partial charge in [0.1, 0.15) is 0 Å². The molecule has 0 radical (unpaired) electrons. The van der Waals surface area contributed by atoms with E-state index in [2.05, 4.69) is 98.5 Å². The van der Waals surface area contributed by atoms with Crippen molar-refractivity contribution in [3.63, 3.8) is 0 Å². The van der Waals surface area contributed by atoms with Crippen LogP contribution in [0.25, 0.3) is 10.8 Å². The van der Waals surface area contributed by atoms with Crippen LogP contribution in [-0.4, -0.2) is 8.07 Å². The molecule has 0 aromatic heterocycles. The fourth-order valence-corrected chi connectivity index (χ4v) is 6.86. The maximum Gasteiger partial charge on any atom is 0.0641 e. The molecule has 0 spiro atoms. The first-order valence-electron chi connectivity index (χ1n) is 8.27. The summed E-state index contributed by atoms with van der Waals surface area (Å²) in [6.45, 7) is 8.97. The van der Waals surface area contributed by atoms with E-state index in [-0.39, 0.29) is 0 Å². The summed E-state index contributed by atoms with van der Waals surface area (Å²) in [6, 6.07) is 27.6. The Hall–Kier alpha value is -2.12. The molecule has 3 rings (SSSR count).